The number of nitrogens with zero attached hydrogens (tertiary/aromatic N) is 3. The van der Waals surface area contributed by atoms with E-state index in [1.807, 2.05) is 77.8 Å². The number of carboxylic acid groups (broad SMARTS) is 1. The summed E-state index contributed by atoms with van der Waals surface area (Å²) in [5, 5.41) is 12.6. The first-order chi connectivity index (χ1) is 29.3. The number of carbonyl (C=O) groups excluding carboxylic acids is 2. The van der Waals surface area contributed by atoms with Gasteiger partial charge in [0.05, 0.1) is 55.4 Å². The molecule has 0 bridgehead atoms. The summed E-state index contributed by atoms with van der Waals surface area (Å²) in [7, 11) is 3.08. The van der Waals surface area contributed by atoms with Crippen molar-refractivity contribution in [3.05, 3.63) is 124 Å². The summed E-state index contributed by atoms with van der Waals surface area (Å²) < 4.78 is 30.4. The number of aliphatic carboxylic acids is 1. The zero-order valence-electron chi connectivity index (χ0n) is 33.3. The minimum absolute atomic E-state index is 0.0120. The van der Waals surface area contributed by atoms with Crippen LogP contribution in [0.15, 0.2) is 96.0 Å². The van der Waals surface area contributed by atoms with Crippen LogP contribution < -0.4 is 38.8 Å². The van der Waals surface area contributed by atoms with E-state index in [1.54, 1.807) is 30.2 Å². The van der Waals surface area contributed by atoms with Gasteiger partial charge in [-0.2, -0.15) is 0 Å². The van der Waals surface area contributed by atoms with Crippen LogP contribution in [0.3, 0.4) is 0 Å². The third-order valence-corrected chi connectivity index (χ3v) is 11.4. The Bertz CT molecular complexity index is 2540. The highest BCUT2D eigenvalue weighted by atomic mass is 16.5. The Morgan fingerprint density at radius 1 is 0.733 bits per heavy atom. The molecule has 5 aromatic carbocycles. The van der Waals surface area contributed by atoms with E-state index < -0.39 is 5.97 Å². The van der Waals surface area contributed by atoms with Gasteiger partial charge in [-0.3, -0.25) is 24.3 Å². The summed E-state index contributed by atoms with van der Waals surface area (Å²) in [6, 6.07) is 28.4. The van der Waals surface area contributed by atoms with E-state index in [1.165, 1.54) is 7.11 Å². The number of nitrogens with one attached hydrogen (secondary N) is 1. The molecule has 0 aliphatic carbocycles. The predicted octanol–water partition coefficient (Wildman–Crippen LogP) is 7.78. The van der Waals surface area contributed by atoms with Crippen LogP contribution in [0.25, 0.3) is 0 Å². The van der Waals surface area contributed by atoms with Crippen molar-refractivity contribution in [2.24, 2.45) is 4.99 Å². The Morgan fingerprint density at radius 2 is 1.37 bits per heavy atom. The fourth-order valence-corrected chi connectivity index (χ4v) is 8.47. The van der Waals surface area contributed by atoms with Gasteiger partial charge < -0.3 is 39.0 Å². The fraction of sp³-hybridized carbons (Fsp3) is 0.277. The molecule has 0 spiro atoms. The molecule has 0 aromatic heterocycles. The largest absolute Gasteiger partial charge is 0.494 e. The second-order valence-corrected chi connectivity index (χ2v) is 15.2. The van der Waals surface area contributed by atoms with Gasteiger partial charge in [0.1, 0.15) is 19.0 Å². The van der Waals surface area contributed by atoms with Gasteiger partial charge in [0.2, 0.25) is 0 Å². The molecule has 0 unspecified atom stereocenters. The quantitative estimate of drug-likeness (QED) is 0.107. The van der Waals surface area contributed by atoms with Crippen LogP contribution in [0.5, 0.6) is 28.7 Å². The normalized spacial score (nSPS) is 16.9. The average molecular weight is 809 g/mol. The minimum atomic E-state index is -0.846. The molecule has 13 heteroatoms. The number of rotatable bonds is 14. The van der Waals surface area contributed by atoms with Crippen LogP contribution in [0.2, 0.25) is 0 Å². The Balaban J connectivity index is 0.951. The highest BCUT2D eigenvalue weighted by molar-refractivity contribution is 6.15. The predicted molar refractivity (Wildman–Crippen MR) is 226 cm³/mol. The number of hydrogen-bond donors (Lipinski definition) is 2. The van der Waals surface area contributed by atoms with Gasteiger partial charge in [-0.1, -0.05) is 36.4 Å². The SMILES string of the molecule is COc1cc2c(cc1OCc1cc(COc3cc4c(cc3OC)C(=O)N3c5ccccc5C[C@H]3CN4)cc(OCCCCC(=O)O)c1)N=C[C@@H]1Cc3ccccc3N1C2=O. The van der Waals surface area contributed by atoms with Gasteiger partial charge in [0, 0.05) is 49.1 Å². The van der Waals surface area contributed by atoms with E-state index in [2.05, 4.69) is 11.4 Å². The first kappa shape index (κ1) is 38.5. The smallest absolute Gasteiger partial charge is 0.303 e. The lowest BCUT2D eigenvalue weighted by Crippen LogP contribution is -2.39. The van der Waals surface area contributed by atoms with E-state index in [0.717, 1.165) is 40.0 Å². The number of anilines is 3. The second kappa shape index (κ2) is 16.3. The summed E-state index contributed by atoms with van der Waals surface area (Å²) in [4.78, 5) is 47.4. The van der Waals surface area contributed by atoms with E-state index in [4.69, 9.17) is 33.8 Å². The number of fused-ring (bicyclic) bond motifs is 8. The van der Waals surface area contributed by atoms with Crippen LogP contribution in [0.1, 0.15) is 62.2 Å². The van der Waals surface area contributed by atoms with E-state index in [0.29, 0.717) is 83.7 Å². The molecular weight excluding hydrogens is 765 g/mol. The molecule has 2 atom stereocenters. The zero-order chi connectivity index (χ0) is 41.3. The number of unbranched alkanes of at least 4 members (excludes halogenated alkanes) is 1. The Hall–Kier alpha value is -7.02. The zero-order valence-corrected chi connectivity index (χ0v) is 33.3. The Labute approximate surface area is 347 Å². The first-order valence-corrected chi connectivity index (χ1v) is 20.1. The molecule has 0 radical (unpaired) electrons. The van der Waals surface area contributed by atoms with E-state index in [-0.39, 0.29) is 43.5 Å². The Morgan fingerprint density at radius 3 is 2.07 bits per heavy atom. The summed E-state index contributed by atoms with van der Waals surface area (Å²) in [6.07, 6.45) is 4.40. The molecule has 306 valence electrons. The van der Waals surface area contributed by atoms with Gasteiger partial charge in [-0.15, -0.1) is 0 Å². The number of hydrogen-bond acceptors (Lipinski definition) is 10. The summed E-state index contributed by atoms with van der Waals surface area (Å²) in [5.74, 6) is 1.17. The average Bonchev–Trinajstić information content (AvgIpc) is 3.75. The van der Waals surface area contributed by atoms with Crippen molar-refractivity contribution in [2.45, 2.75) is 57.4 Å². The van der Waals surface area contributed by atoms with Gasteiger partial charge in [0.15, 0.2) is 23.0 Å². The van der Waals surface area contributed by atoms with Crippen LogP contribution >= 0.6 is 0 Å². The number of ether oxygens (including phenoxy) is 5. The number of carbonyl (C=O) groups is 3. The molecule has 2 N–H and O–H groups in total. The topological polar surface area (TPSA) is 148 Å². The monoisotopic (exact) mass is 808 g/mol. The first-order valence-electron chi connectivity index (χ1n) is 20.1. The number of benzene rings is 5. The summed E-state index contributed by atoms with van der Waals surface area (Å²) in [5.41, 5.74) is 7.71. The molecule has 5 aromatic rings. The van der Waals surface area contributed by atoms with Crippen molar-refractivity contribution >= 4 is 46.7 Å². The van der Waals surface area contributed by atoms with Crippen molar-refractivity contribution < 1.29 is 43.2 Å². The molecule has 60 heavy (non-hydrogen) atoms. The molecule has 4 aliphatic heterocycles. The van der Waals surface area contributed by atoms with Crippen LogP contribution in [-0.2, 0) is 30.8 Å². The van der Waals surface area contributed by atoms with Crippen molar-refractivity contribution in [2.75, 3.05) is 42.5 Å². The molecule has 13 nitrogen and oxygen atoms in total. The number of carboxylic acids is 1. The maximum atomic E-state index is 14.0. The fourth-order valence-electron chi connectivity index (χ4n) is 8.47. The molecule has 2 amide bonds. The van der Waals surface area contributed by atoms with Crippen molar-refractivity contribution in [1.82, 2.24) is 0 Å². The molecule has 9 rings (SSSR count). The number of methoxy groups -OCH3 is 2. The van der Waals surface area contributed by atoms with Crippen LogP contribution in [0.4, 0.5) is 22.7 Å². The lowest BCUT2D eigenvalue weighted by molar-refractivity contribution is -0.137. The molecule has 4 aliphatic rings. The maximum Gasteiger partial charge on any atom is 0.303 e. The van der Waals surface area contributed by atoms with Gasteiger partial charge >= 0.3 is 5.97 Å². The summed E-state index contributed by atoms with van der Waals surface area (Å²) >= 11 is 0. The number of aliphatic imine (C=N–C) groups is 1. The van der Waals surface area contributed by atoms with Crippen LogP contribution in [0, 0.1) is 0 Å². The summed E-state index contributed by atoms with van der Waals surface area (Å²) in [6.45, 7) is 1.16. The second-order valence-electron chi connectivity index (χ2n) is 15.2. The molecule has 0 saturated carbocycles. The van der Waals surface area contributed by atoms with Crippen molar-refractivity contribution in [1.29, 1.82) is 0 Å². The van der Waals surface area contributed by atoms with E-state index in [9.17, 15) is 14.4 Å². The Kier molecular flexibility index (Phi) is 10.5. The highest BCUT2D eigenvalue weighted by Gasteiger charge is 2.38. The molecule has 4 heterocycles. The third-order valence-electron chi connectivity index (χ3n) is 11.4. The van der Waals surface area contributed by atoms with Gasteiger partial charge in [-0.05, 0) is 84.0 Å². The van der Waals surface area contributed by atoms with Crippen molar-refractivity contribution in [3.8, 4) is 28.7 Å². The van der Waals surface area contributed by atoms with E-state index >= 15 is 0 Å². The van der Waals surface area contributed by atoms with Gasteiger partial charge in [-0.25, -0.2) is 0 Å². The lowest BCUT2D eigenvalue weighted by Gasteiger charge is -2.22. The molecular formula is C47H44N4O9. The standard InChI is InChI=1S/C47H44N4O9/c1-56-41-20-35-37(48-24-32-18-30-9-3-5-11-39(30)50(32)46(35)54)22-43(41)59-26-28-15-29(17-34(16-28)58-14-8-7-13-45(52)53)27-60-44-23-38-36(21-42(44)57-2)47(55)51-33(25-49-38)19-31-10-4-6-12-40(31)51/h3-6,9-12,15-17,20-24,32-33,49H,7-8,13-14,18-19,25-27H2,1-2H3,(H,52,53)/t32-,33-/m0/s1. The highest BCUT2D eigenvalue weighted by Crippen LogP contribution is 2.43. The molecule has 0 fully saturated rings. The van der Waals surface area contributed by atoms with Gasteiger partial charge in [0.25, 0.3) is 11.8 Å². The lowest BCUT2D eigenvalue weighted by atomic mass is 10.1. The third kappa shape index (κ3) is 7.42. The number of amides is 2. The maximum absolute atomic E-state index is 14.0. The van der Waals surface area contributed by atoms with Crippen molar-refractivity contribution in [3.63, 3.8) is 0 Å². The van der Waals surface area contributed by atoms with Crippen LogP contribution in [-0.4, -0.2) is 68.6 Å². The molecule has 0 saturated heterocycles. The number of para-hydroxylation sites is 2. The minimum Gasteiger partial charge on any atom is -0.494 e.